The van der Waals surface area contributed by atoms with Crippen LogP contribution in [-0.2, 0) is 9.59 Å². The minimum atomic E-state index is -0.151. The van der Waals surface area contributed by atoms with Crippen molar-refractivity contribution in [1.82, 2.24) is 10.2 Å². The van der Waals surface area contributed by atoms with Crippen LogP contribution in [0.25, 0.3) is 0 Å². The molecule has 0 unspecified atom stereocenters. The van der Waals surface area contributed by atoms with Gasteiger partial charge in [-0.3, -0.25) is 9.59 Å². The zero-order chi connectivity index (χ0) is 13.5. The van der Waals surface area contributed by atoms with E-state index in [1.165, 1.54) is 6.92 Å². The van der Waals surface area contributed by atoms with Gasteiger partial charge in [-0.2, -0.15) is 0 Å². The molecular weight excluding hydrogens is 230 g/mol. The average molecular weight is 255 g/mol. The molecule has 1 aliphatic rings. The monoisotopic (exact) mass is 255 g/mol. The van der Waals surface area contributed by atoms with Crippen LogP contribution in [0.5, 0.6) is 0 Å². The lowest BCUT2D eigenvalue weighted by Gasteiger charge is -2.33. The predicted molar refractivity (Wildman–Crippen MR) is 70.9 cm³/mol. The molecule has 0 bridgehead atoms. The third kappa shape index (κ3) is 5.04. The second kappa shape index (κ2) is 7.36. The van der Waals surface area contributed by atoms with Crippen molar-refractivity contribution in [3.05, 3.63) is 0 Å². The zero-order valence-electron chi connectivity index (χ0n) is 11.4. The molecule has 1 fully saturated rings. The lowest BCUT2D eigenvalue weighted by atomic mass is 9.85. The van der Waals surface area contributed by atoms with Crippen molar-refractivity contribution in [2.24, 2.45) is 11.7 Å². The van der Waals surface area contributed by atoms with Crippen LogP contribution < -0.4 is 11.1 Å². The number of nitrogens with one attached hydrogen (secondary N) is 1. The summed E-state index contributed by atoms with van der Waals surface area (Å²) in [5.41, 5.74) is 5.32. The number of rotatable bonds is 6. The van der Waals surface area contributed by atoms with Crippen LogP contribution in [0.15, 0.2) is 0 Å². The van der Waals surface area contributed by atoms with E-state index in [1.54, 1.807) is 0 Å². The van der Waals surface area contributed by atoms with E-state index in [1.807, 2.05) is 0 Å². The Labute approximate surface area is 109 Å². The highest BCUT2D eigenvalue weighted by atomic mass is 16.1. The summed E-state index contributed by atoms with van der Waals surface area (Å²) in [5.74, 6) is -0.0459. The third-order valence-corrected chi connectivity index (χ3v) is 3.78. The molecule has 1 aliphatic carbocycles. The van der Waals surface area contributed by atoms with Crippen LogP contribution in [0.2, 0.25) is 0 Å². The SMILES string of the molecule is CC(=O)NCCCN(C)C1CCC(C(N)=O)CC1. The summed E-state index contributed by atoms with van der Waals surface area (Å²) in [7, 11) is 2.11. The highest BCUT2D eigenvalue weighted by Crippen LogP contribution is 2.26. The number of primary amides is 1. The van der Waals surface area contributed by atoms with Crippen LogP contribution in [0.4, 0.5) is 0 Å². The summed E-state index contributed by atoms with van der Waals surface area (Å²) >= 11 is 0. The predicted octanol–water partition coefficient (Wildman–Crippen LogP) is 0.489. The van der Waals surface area contributed by atoms with Gasteiger partial charge in [0.2, 0.25) is 11.8 Å². The molecule has 1 rings (SSSR count). The summed E-state index contributed by atoms with van der Waals surface area (Å²) in [5, 5.41) is 2.80. The number of hydrogen-bond donors (Lipinski definition) is 2. The molecule has 0 aromatic rings. The van der Waals surface area contributed by atoms with Crippen molar-refractivity contribution in [2.45, 2.75) is 45.1 Å². The Hall–Kier alpha value is -1.10. The first kappa shape index (κ1) is 15.0. The Bertz CT molecular complexity index is 286. The van der Waals surface area contributed by atoms with E-state index in [9.17, 15) is 9.59 Å². The summed E-state index contributed by atoms with van der Waals surface area (Å²) in [6.45, 7) is 3.25. The van der Waals surface area contributed by atoms with Gasteiger partial charge >= 0.3 is 0 Å². The van der Waals surface area contributed by atoms with Gasteiger partial charge < -0.3 is 16.0 Å². The Balaban J connectivity index is 2.17. The quantitative estimate of drug-likeness (QED) is 0.678. The maximum atomic E-state index is 11.1. The fourth-order valence-electron chi connectivity index (χ4n) is 2.58. The van der Waals surface area contributed by atoms with Gasteiger partial charge in [-0.15, -0.1) is 0 Å². The largest absolute Gasteiger partial charge is 0.369 e. The van der Waals surface area contributed by atoms with Gasteiger partial charge in [0.15, 0.2) is 0 Å². The fraction of sp³-hybridized carbons (Fsp3) is 0.846. The summed E-state index contributed by atoms with van der Waals surface area (Å²) < 4.78 is 0. The van der Waals surface area contributed by atoms with Crippen LogP contribution in [0.3, 0.4) is 0 Å². The Kier molecular flexibility index (Phi) is 6.12. The van der Waals surface area contributed by atoms with Crippen molar-refractivity contribution in [3.63, 3.8) is 0 Å². The smallest absolute Gasteiger partial charge is 0.220 e. The maximum Gasteiger partial charge on any atom is 0.220 e. The van der Waals surface area contributed by atoms with Crippen molar-refractivity contribution >= 4 is 11.8 Å². The standard InChI is InChI=1S/C13H25N3O2/c1-10(17)15-8-3-9-16(2)12-6-4-11(5-7-12)13(14)18/h11-12H,3-9H2,1-2H3,(H2,14,18)(H,15,17). The molecule has 104 valence electrons. The van der Waals surface area contributed by atoms with E-state index in [-0.39, 0.29) is 17.7 Å². The van der Waals surface area contributed by atoms with Crippen LogP contribution in [-0.4, -0.2) is 42.9 Å². The van der Waals surface area contributed by atoms with Gasteiger partial charge in [0.05, 0.1) is 0 Å². The van der Waals surface area contributed by atoms with E-state index >= 15 is 0 Å². The van der Waals surface area contributed by atoms with Crippen LogP contribution in [0.1, 0.15) is 39.0 Å². The van der Waals surface area contributed by atoms with E-state index in [0.717, 1.165) is 45.2 Å². The van der Waals surface area contributed by atoms with E-state index < -0.39 is 0 Å². The molecule has 0 radical (unpaired) electrons. The molecular formula is C13H25N3O2. The average Bonchev–Trinajstić information content (AvgIpc) is 2.34. The molecule has 2 amide bonds. The van der Waals surface area contributed by atoms with E-state index in [0.29, 0.717) is 6.04 Å². The lowest BCUT2D eigenvalue weighted by molar-refractivity contribution is -0.123. The van der Waals surface area contributed by atoms with Crippen LogP contribution in [0, 0.1) is 5.92 Å². The molecule has 0 aromatic heterocycles. The molecule has 0 aliphatic heterocycles. The first-order valence-electron chi connectivity index (χ1n) is 6.74. The van der Waals surface area contributed by atoms with Crippen molar-refractivity contribution in [1.29, 1.82) is 0 Å². The minimum absolute atomic E-state index is 0.0274. The first-order chi connectivity index (χ1) is 8.50. The number of carbonyl (C=O) groups is 2. The van der Waals surface area contributed by atoms with Crippen LogP contribution >= 0.6 is 0 Å². The summed E-state index contributed by atoms with van der Waals surface area (Å²) in [6.07, 6.45) is 4.88. The van der Waals surface area contributed by atoms with Crippen molar-refractivity contribution < 1.29 is 9.59 Å². The highest BCUT2D eigenvalue weighted by molar-refractivity contribution is 5.76. The van der Waals surface area contributed by atoms with Crippen molar-refractivity contribution in [2.75, 3.05) is 20.1 Å². The number of nitrogens with two attached hydrogens (primary N) is 1. The molecule has 5 nitrogen and oxygen atoms in total. The zero-order valence-corrected chi connectivity index (χ0v) is 11.4. The Morgan fingerprint density at radius 3 is 2.39 bits per heavy atom. The second-order valence-corrected chi connectivity index (χ2v) is 5.22. The van der Waals surface area contributed by atoms with Gasteiger partial charge in [-0.25, -0.2) is 0 Å². The number of carbonyl (C=O) groups excluding carboxylic acids is 2. The van der Waals surface area contributed by atoms with E-state index in [2.05, 4.69) is 17.3 Å². The first-order valence-corrected chi connectivity index (χ1v) is 6.74. The fourth-order valence-corrected chi connectivity index (χ4v) is 2.58. The van der Waals surface area contributed by atoms with Gasteiger partial charge in [0.25, 0.3) is 0 Å². The van der Waals surface area contributed by atoms with Crippen molar-refractivity contribution in [3.8, 4) is 0 Å². The van der Waals surface area contributed by atoms with Gasteiger partial charge in [0, 0.05) is 25.4 Å². The normalized spacial score (nSPS) is 23.9. The molecule has 0 aromatic carbocycles. The van der Waals surface area contributed by atoms with Gasteiger partial charge in [-0.05, 0) is 45.7 Å². The number of amides is 2. The van der Waals surface area contributed by atoms with Gasteiger partial charge in [-0.1, -0.05) is 0 Å². The van der Waals surface area contributed by atoms with Gasteiger partial charge in [0.1, 0.15) is 0 Å². The topological polar surface area (TPSA) is 75.4 Å². The summed E-state index contributed by atoms with van der Waals surface area (Å²) in [6, 6.07) is 0.554. The molecule has 0 saturated heterocycles. The number of nitrogens with zero attached hydrogens (tertiary/aromatic N) is 1. The second-order valence-electron chi connectivity index (χ2n) is 5.22. The minimum Gasteiger partial charge on any atom is -0.369 e. The maximum absolute atomic E-state index is 11.1. The molecule has 0 atom stereocenters. The highest BCUT2D eigenvalue weighted by Gasteiger charge is 2.26. The molecule has 1 saturated carbocycles. The Morgan fingerprint density at radius 1 is 1.28 bits per heavy atom. The lowest BCUT2D eigenvalue weighted by Crippen LogP contribution is -2.39. The Morgan fingerprint density at radius 2 is 1.89 bits per heavy atom. The third-order valence-electron chi connectivity index (χ3n) is 3.78. The molecule has 0 spiro atoms. The molecule has 5 heteroatoms. The molecule has 3 N–H and O–H groups in total. The molecule has 0 heterocycles. The van der Waals surface area contributed by atoms with E-state index in [4.69, 9.17) is 5.73 Å². The summed E-state index contributed by atoms with van der Waals surface area (Å²) in [4.78, 5) is 24.1. The number of hydrogen-bond acceptors (Lipinski definition) is 3. The molecule has 18 heavy (non-hydrogen) atoms.